The summed E-state index contributed by atoms with van der Waals surface area (Å²) in [6.07, 6.45) is -0.00402. The second-order valence-corrected chi connectivity index (χ2v) is 5.24. The van der Waals surface area contributed by atoms with Gasteiger partial charge in [0.25, 0.3) is 5.69 Å². The van der Waals surface area contributed by atoms with Crippen LogP contribution in [0.5, 0.6) is 11.5 Å². The first-order valence-corrected chi connectivity index (χ1v) is 7.24. The van der Waals surface area contributed by atoms with Gasteiger partial charge in [0, 0.05) is 17.2 Å². The van der Waals surface area contributed by atoms with E-state index in [1.54, 1.807) is 6.07 Å². The molecule has 0 fully saturated rings. The minimum Gasteiger partial charge on any atom is -0.493 e. The third-order valence-electron chi connectivity index (χ3n) is 2.74. The van der Waals surface area contributed by atoms with Crippen molar-refractivity contribution in [1.82, 2.24) is 0 Å². The number of carbonyl (C=O) groups is 1. The molecule has 0 bridgehead atoms. The van der Waals surface area contributed by atoms with Crippen LogP contribution >= 0.6 is 23.2 Å². The van der Waals surface area contributed by atoms with Crippen molar-refractivity contribution in [3.63, 3.8) is 0 Å². The third-order valence-corrected chi connectivity index (χ3v) is 3.27. The van der Waals surface area contributed by atoms with Crippen LogP contribution in [0.25, 0.3) is 0 Å². The molecule has 0 aliphatic heterocycles. The fraction of sp³-hybridized carbons (Fsp3) is 0.133. The number of nitro benzene ring substituents is 1. The Kier molecular flexibility index (Phi) is 5.78. The van der Waals surface area contributed by atoms with Crippen molar-refractivity contribution in [2.45, 2.75) is 6.42 Å². The molecule has 0 aliphatic rings. The molecule has 0 radical (unpaired) electrons. The second kappa shape index (κ2) is 7.80. The molecule has 0 saturated carbocycles. The number of nitrogens with zero attached hydrogens (tertiary/aromatic N) is 1. The van der Waals surface area contributed by atoms with Gasteiger partial charge in [-0.2, -0.15) is 0 Å². The summed E-state index contributed by atoms with van der Waals surface area (Å²) < 4.78 is 10.4. The van der Waals surface area contributed by atoms with Crippen molar-refractivity contribution in [3.05, 3.63) is 62.6 Å². The van der Waals surface area contributed by atoms with Gasteiger partial charge in [0.1, 0.15) is 11.5 Å². The Bertz CT molecular complexity index is 718. The van der Waals surface area contributed by atoms with Gasteiger partial charge in [-0.1, -0.05) is 23.2 Å². The number of hydrogen-bond acceptors (Lipinski definition) is 5. The number of carbonyl (C=O) groups excluding carboxylic acids is 1. The minimum atomic E-state index is -0.517. The van der Waals surface area contributed by atoms with E-state index in [0.717, 1.165) is 0 Å². The van der Waals surface area contributed by atoms with Gasteiger partial charge in [-0.05, 0) is 30.3 Å². The van der Waals surface area contributed by atoms with Gasteiger partial charge in [-0.15, -0.1) is 0 Å². The molecule has 120 valence electrons. The summed E-state index contributed by atoms with van der Waals surface area (Å²) in [5.41, 5.74) is -0.0332. The molecule has 2 aromatic rings. The molecule has 2 aromatic carbocycles. The van der Waals surface area contributed by atoms with Gasteiger partial charge < -0.3 is 9.47 Å². The van der Waals surface area contributed by atoms with Crippen LogP contribution in [-0.4, -0.2) is 17.5 Å². The average molecular weight is 356 g/mol. The summed E-state index contributed by atoms with van der Waals surface area (Å²) in [4.78, 5) is 21.7. The normalized spacial score (nSPS) is 10.2. The molecule has 0 amide bonds. The summed E-state index contributed by atoms with van der Waals surface area (Å²) in [6, 6.07) is 10.1. The predicted molar refractivity (Wildman–Crippen MR) is 85.3 cm³/mol. The summed E-state index contributed by atoms with van der Waals surface area (Å²) in [7, 11) is 0. The zero-order valence-corrected chi connectivity index (χ0v) is 13.2. The van der Waals surface area contributed by atoms with E-state index in [4.69, 9.17) is 32.7 Å². The SMILES string of the molecule is O=C(CCOc1ccc([N+](=O)[O-])cc1)Oc1ccc(Cl)cc1Cl. The van der Waals surface area contributed by atoms with Crippen molar-refractivity contribution in [3.8, 4) is 11.5 Å². The number of non-ortho nitro benzene ring substituents is 1. The Labute approximate surface area is 141 Å². The van der Waals surface area contributed by atoms with E-state index in [0.29, 0.717) is 10.8 Å². The van der Waals surface area contributed by atoms with Crippen LogP contribution in [0.1, 0.15) is 6.42 Å². The van der Waals surface area contributed by atoms with E-state index in [9.17, 15) is 14.9 Å². The highest BCUT2D eigenvalue weighted by Gasteiger charge is 2.10. The number of esters is 1. The Morgan fingerprint density at radius 2 is 1.83 bits per heavy atom. The van der Waals surface area contributed by atoms with Crippen molar-refractivity contribution >= 4 is 34.9 Å². The van der Waals surface area contributed by atoms with Gasteiger partial charge in [0.05, 0.1) is 23.0 Å². The van der Waals surface area contributed by atoms with Crippen molar-refractivity contribution in [2.75, 3.05) is 6.61 Å². The fourth-order valence-electron chi connectivity index (χ4n) is 1.65. The maximum absolute atomic E-state index is 11.7. The quantitative estimate of drug-likeness (QED) is 0.334. The van der Waals surface area contributed by atoms with E-state index in [1.165, 1.54) is 36.4 Å². The molecular weight excluding hydrogens is 345 g/mol. The van der Waals surface area contributed by atoms with Crippen molar-refractivity contribution < 1.29 is 19.2 Å². The fourth-order valence-corrected chi connectivity index (χ4v) is 2.10. The summed E-state index contributed by atoms with van der Waals surface area (Å²) in [5, 5.41) is 11.2. The number of ether oxygens (including phenoxy) is 2. The van der Waals surface area contributed by atoms with Gasteiger partial charge in [0.2, 0.25) is 0 Å². The molecule has 0 heterocycles. The Hall–Kier alpha value is -2.31. The molecule has 23 heavy (non-hydrogen) atoms. The molecule has 6 nitrogen and oxygen atoms in total. The molecule has 0 aliphatic carbocycles. The van der Waals surface area contributed by atoms with Gasteiger partial charge >= 0.3 is 5.97 Å². The first-order valence-electron chi connectivity index (χ1n) is 6.48. The molecule has 0 N–H and O–H groups in total. The lowest BCUT2D eigenvalue weighted by atomic mass is 10.3. The molecular formula is C15H11Cl2NO5. The van der Waals surface area contributed by atoms with Crippen LogP contribution in [0.4, 0.5) is 5.69 Å². The smallest absolute Gasteiger partial charge is 0.314 e. The Morgan fingerprint density at radius 1 is 1.13 bits per heavy atom. The van der Waals surface area contributed by atoms with Crippen molar-refractivity contribution in [2.24, 2.45) is 0 Å². The Morgan fingerprint density at radius 3 is 2.43 bits per heavy atom. The number of nitro groups is 1. The highest BCUT2D eigenvalue weighted by atomic mass is 35.5. The number of rotatable bonds is 6. The molecule has 0 atom stereocenters. The minimum absolute atomic E-state index is 0.00402. The number of benzene rings is 2. The van der Waals surface area contributed by atoms with Gasteiger partial charge in [0.15, 0.2) is 0 Å². The molecule has 0 spiro atoms. The lowest BCUT2D eigenvalue weighted by Gasteiger charge is -2.08. The highest BCUT2D eigenvalue weighted by molar-refractivity contribution is 6.35. The van der Waals surface area contributed by atoms with Crippen LogP contribution in [0.15, 0.2) is 42.5 Å². The van der Waals surface area contributed by atoms with E-state index in [2.05, 4.69) is 0 Å². The summed E-state index contributed by atoms with van der Waals surface area (Å²) in [6.45, 7) is 0.0713. The molecule has 8 heteroatoms. The van der Waals surface area contributed by atoms with E-state index >= 15 is 0 Å². The Balaban J connectivity index is 1.81. The lowest BCUT2D eigenvalue weighted by molar-refractivity contribution is -0.384. The van der Waals surface area contributed by atoms with Crippen LogP contribution in [0.3, 0.4) is 0 Å². The van der Waals surface area contributed by atoms with Crippen LogP contribution in [0.2, 0.25) is 10.0 Å². The zero-order chi connectivity index (χ0) is 16.8. The highest BCUT2D eigenvalue weighted by Crippen LogP contribution is 2.27. The van der Waals surface area contributed by atoms with Crippen molar-refractivity contribution in [1.29, 1.82) is 0 Å². The topological polar surface area (TPSA) is 78.7 Å². The van der Waals surface area contributed by atoms with E-state index in [1.807, 2.05) is 0 Å². The maximum Gasteiger partial charge on any atom is 0.314 e. The largest absolute Gasteiger partial charge is 0.493 e. The number of hydrogen-bond donors (Lipinski definition) is 0. The molecule has 0 saturated heterocycles. The van der Waals surface area contributed by atoms with Crippen LogP contribution in [-0.2, 0) is 4.79 Å². The van der Waals surface area contributed by atoms with E-state index < -0.39 is 10.9 Å². The maximum atomic E-state index is 11.7. The van der Waals surface area contributed by atoms with Gasteiger partial charge in [-0.3, -0.25) is 14.9 Å². The molecule has 0 aromatic heterocycles. The first kappa shape index (κ1) is 17.1. The molecule has 2 rings (SSSR count). The van der Waals surface area contributed by atoms with E-state index in [-0.39, 0.29) is 29.5 Å². The van der Waals surface area contributed by atoms with Crippen LogP contribution < -0.4 is 9.47 Å². The first-order chi connectivity index (χ1) is 11.0. The average Bonchev–Trinajstić information content (AvgIpc) is 2.50. The zero-order valence-electron chi connectivity index (χ0n) is 11.7. The van der Waals surface area contributed by atoms with Crippen LogP contribution in [0, 0.1) is 10.1 Å². The second-order valence-electron chi connectivity index (χ2n) is 4.40. The predicted octanol–water partition coefficient (Wildman–Crippen LogP) is 4.28. The molecule has 0 unspecified atom stereocenters. The number of halogens is 2. The summed E-state index contributed by atoms with van der Waals surface area (Å²) in [5.74, 6) is 0.125. The third kappa shape index (κ3) is 5.12. The van der Waals surface area contributed by atoms with Gasteiger partial charge in [-0.25, -0.2) is 0 Å². The lowest BCUT2D eigenvalue weighted by Crippen LogP contribution is -2.12. The monoisotopic (exact) mass is 355 g/mol. The summed E-state index contributed by atoms with van der Waals surface area (Å²) >= 11 is 11.6. The standard InChI is InChI=1S/C15H11Cl2NO5/c16-10-1-6-14(13(17)9-10)23-15(19)7-8-22-12-4-2-11(3-5-12)18(20)21/h1-6,9H,7-8H2.